The highest BCUT2D eigenvalue weighted by Gasteiger charge is 2.62. The lowest BCUT2D eigenvalue weighted by molar-refractivity contribution is -0.0589. The van der Waals surface area contributed by atoms with E-state index in [1.54, 1.807) is 0 Å². The summed E-state index contributed by atoms with van der Waals surface area (Å²) in [7, 11) is 0. The number of hydrogen-bond acceptors (Lipinski definition) is 3. The minimum atomic E-state index is -0.558. The lowest BCUT2D eigenvalue weighted by Crippen LogP contribution is -2.47. The van der Waals surface area contributed by atoms with Crippen molar-refractivity contribution in [3.63, 3.8) is 0 Å². The molecule has 3 heteroatoms. The van der Waals surface area contributed by atoms with Crippen LogP contribution >= 0.6 is 0 Å². The lowest BCUT2D eigenvalue weighted by atomic mass is 9.70. The molecule has 0 spiro atoms. The molecule has 0 aromatic heterocycles. The van der Waals surface area contributed by atoms with Crippen molar-refractivity contribution < 1.29 is 4.74 Å². The van der Waals surface area contributed by atoms with E-state index >= 15 is 0 Å². The molecule has 0 aliphatic heterocycles. The van der Waals surface area contributed by atoms with Crippen molar-refractivity contribution in [2.45, 2.75) is 65.5 Å². The molecule has 2 bridgehead atoms. The molecule has 0 radical (unpaired) electrons. The van der Waals surface area contributed by atoms with Gasteiger partial charge in [-0.2, -0.15) is 5.26 Å². The Morgan fingerprint density at radius 1 is 1.42 bits per heavy atom. The van der Waals surface area contributed by atoms with Crippen molar-refractivity contribution in [2.75, 3.05) is 13.2 Å². The van der Waals surface area contributed by atoms with Crippen molar-refractivity contribution in [2.24, 2.45) is 16.7 Å². The summed E-state index contributed by atoms with van der Waals surface area (Å²) in [6, 6.07) is 2.34. The Morgan fingerprint density at radius 3 is 2.53 bits per heavy atom. The molecule has 0 aromatic carbocycles. The predicted molar refractivity (Wildman–Crippen MR) is 76.7 cm³/mol. The Balaban J connectivity index is 2.01. The van der Waals surface area contributed by atoms with Gasteiger partial charge in [0.2, 0.25) is 0 Å². The first-order valence-electron chi connectivity index (χ1n) is 7.57. The number of rotatable bonds is 5. The van der Waals surface area contributed by atoms with Crippen molar-refractivity contribution in [1.29, 1.82) is 5.26 Å². The average molecular weight is 264 g/mol. The number of likely N-dealkylation sites (N-methyl/N-ethyl adjacent to an activating group) is 1. The molecule has 19 heavy (non-hydrogen) atoms. The zero-order valence-electron chi connectivity index (χ0n) is 13.0. The summed E-state index contributed by atoms with van der Waals surface area (Å²) < 4.78 is 6.20. The van der Waals surface area contributed by atoms with E-state index in [0.29, 0.717) is 18.1 Å². The maximum atomic E-state index is 9.30. The molecule has 2 aliphatic carbocycles. The van der Waals surface area contributed by atoms with Crippen LogP contribution in [-0.4, -0.2) is 24.8 Å². The van der Waals surface area contributed by atoms with Gasteiger partial charge in [0.25, 0.3) is 0 Å². The summed E-state index contributed by atoms with van der Waals surface area (Å²) in [6.07, 6.45) is 4.08. The highest BCUT2D eigenvalue weighted by molar-refractivity contribution is 5.12. The Labute approximate surface area is 117 Å². The van der Waals surface area contributed by atoms with E-state index in [4.69, 9.17) is 4.74 Å². The zero-order chi connectivity index (χ0) is 14.3. The lowest BCUT2D eigenvalue weighted by Gasteiger charge is -2.39. The summed E-state index contributed by atoms with van der Waals surface area (Å²) in [5, 5.41) is 12.5. The molecule has 0 saturated heterocycles. The fourth-order valence-corrected chi connectivity index (χ4v) is 4.16. The number of nitrogens with zero attached hydrogens (tertiary/aromatic N) is 1. The van der Waals surface area contributed by atoms with Gasteiger partial charge in [-0.3, -0.25) is 5.32 Å². The molecule has 2 aliphatic rings. The van der Waals surface area contributed by atoms with Crippen molar-refractivity contribution in [1.82, 2.24) is 5.32 Å². The highest BCUT2D eigenvalue weighted by atomic mass is 16.5. The number of nitriles is 1. The molecule has 2 fully saturated rings. The molecule has 108 valence electrons. The largest absolute Gasteiger partial charge is 0.375 e. The molecule has 4 unspecified atom stereocenters. The van der Waals surface area contributed by atoms with Crippen LogP contribution in [0.1, 0.15) is 53.9 Å². The van der Waals surface area contributed by atoms with Gasteiger partial charge in [0, 0.05) is 0 Å². The van der Waals surface area contributed by atoms with E-state index in [0.717, 1.165) is 18.9 Å². The Kier molecular flexibility index (Phi) is 3.70. The molecule has 1 N–H and O–H groups in total. The molecule has 0 heterocycles. The van der Waals surface area contributed by atoms with Crippen molar-refractivity contribution >= 4 is 0 Å². The van der Waals surface area contributed by atoms with E-state index in [-0.39, 0.29) is 5.41 Å². The van der Waals surface area contributed by atoms with E-state index in [1.165, 1.54) is 12.8 Å². The minimum Gasteiger partial charge on any atom is -0.375 e. The average Bonchev–Trinajstić information content (AvgIpc) is 2.69. The quantitative estimate of drug-likeness (QED) is 0.830. The third-order valence-electron chi connectivity index (χ3n) is 6.10. The molecular weight excluding hydrogens is 236 g/mol. The summed E-state index contributed by atoms with van der Waals surface area (Å²) in [6.45, 7) is 12.4. The Bertz CT molecular complexity index is 387. The number of hydrogen-bond donors (Lipinski definition) is 1. The molecular formula is C16H28N2O. The standard InChI is InChI=1S/C16H28N2O/c1-6-18-15(4,10-17)11-19-13-9-12-7-8-16(13,5)14(12,2)3/h12-13,18H,6-9,11H2,1-5H3. The summed E-state index contributed by atoms with van der Waals surface area (Å²) in [5.41, 5.74) is 0.0935. The van der Waals surface area contributed by atoms with Gasteiger partial charge in [0.1, 0.15) is 5.54 Å². The molecule has 0 amide bonds. The second kappa shape index (κ2) is 4.75. The van der Waals surface area contributed by atoms with Crippen LogP contribution in [0.3, 0.4) is 0 Å². The van der Waals surface area contributed by atoms with Crippen LogP contribution in [-0.2, 0) is 4.74 Å². The van der Waals surface area contributed by atoms with E-state index in [2.05, 4.69) is 32.2 Å². The molecule has 4 atom stereocenters. The normalized spacial score (nSPS) is 38.9. The first-order valence-corrected chi connectivity index (χ1v) is 7.57. The molecule has 2 rings (SSSR count). The van der Waals surface area contributed by atoms with E-state index < -0.39 is 5.54 Å². The number of ether oxygens (including phenoxy) is 1. The van der Waals surface area contributed by atoms with Gasteiger partial charge in [-0.25, -0.2) is 0 Å². The van der Waals surface area contributed by atoms with Gasteiger partial charge < -0.3 is 4.74 Å². The molecule has 3 nitrogen and oxygen atoms in total. The van der Waals surface area contributed by atoms with Gasteiger partial charge in [-0.05, 0) is 49.5 Å². The van der Waals surface area contributed by atoms with Crippen molar-refractivity contribution in [3.05, 3.63) is 0 Å². The van der Waals surface area contributed by atoms with Gasteiger partial charge >= 0.3 is 0 Å². The number of fused-ring (bicyclic) bond motifs is 2. The molecule has 2 saturated carbocycles. The van der Waals surface area contributed by atoms with Crippen molar-refractivity contribution in [3.8, 4) is 6.07 Å². The van der Waals surface area contributed by atoms with Gasteiger partial charge in [-0.15, -0.1) is 0 Å². The fourth-order valence-electron chi connectivity index (χ4n) is 4.16. The van der Waals surface area contributed by atoms with Crippen LogP contribution in [0, 0.1) is 28.1 Å². The third-order valence-corrected chi connectivity index (χ3v) is 6.10. The predicted octanol–water partition coefficient (Wildman–Crippen LogP) is 3.11. The zero-order valence-corrected chi connectivity index (χ0v) is 13.0. The first-order chi connectivity index (χ1) is 8.79. The van der Waals surface area contributed by atoms with Gasteiger partial charge in [0.15, 0.2) is 0 Å². The Hall–Kier alpha value is -0.590. The van der Waals surface area contributed by atoms with Crippen LogP contribution < -0.4 is 5.32 Å². The SMILES string of the molecule is CCNC(C)(C#N)COC1CC2CCC1(C)C2(C)C. The van der Waals surface area contributed by atoms with E-state index in [1.807, 2.05) is 13.8 Å². The second-order valence-electron chi connectivity index (χ2n) is 7.38. The maximum absolute atomic E-state index is 9.30. The first kappa shape index (κ1) is 14.8. The number of nitrogens with one attached hydrogen (secondary N) is 1. The maximum Gasteiger partial charge on any atom is 0.127 e. The fraction of sp³-hybridized carbons (Fsp3) is 0.938. The topological polar surface area (TPSA) is 45.0 Å². The Morgan fingerprint density at radius 2 is 2.11 bits per heavy atom. The van der Waals surface area contributed by atoms with Gasteiger partial charge in [0.05, 0.1) is 18.8 Å². The van der Waals surface area contributed by atoms with Gasteiger partial charge in [-0.1, -0.05) is 27.7 Å². The van der Waals surface area contributed by atoms with Crippen LogP contribution in [0.5, 0.6) is 0 Å². The van der Waals surface area contributed by atoms with Crippen LogP contribution in [0.15, 0.2) is 0 Å². The summed E-state index contributed by atoms with van der Waals surface area (Å²) in [5.74, 6) is 0.787. The summed E-state index contributed by atoms with van der Waals surface area (Å²) >= 11 is 0. The van der Waals surface area contributed by atoms with Crippen LogP contribution in [0.25, 0.3) is 0 Å². The monoisotopic (exact) mass is 264 g/mol. The van der Waals surface area contributed by atoms with Crippen LogP contribution in [0.2, 0.25) is 0 Å². The summed E-state index contributed by atoms with van der Waals surface area (Å²) in [4.78, 5) is 0. The third kappa shape index (κ3) is 2.19. The second-order valence-corrected chi connectivity index (χ2v) is 7.38. The van der Waals surface area contributed by atoms with E-state index in [9.17, 15) is 5.26 Å². The highest BCUT2D eigenvalue weighted by Crippen LogP contribution is 2.66. The smallest absolute Gasteiger partial charge is 0.127 e. The minimum absolute atomic E-state index is 0.278. The van der Waals surface area contributed by atoms with Crippen LogP contribution in [0.4, 0.5) is 0 Å². The molecule has 0 aromatic rings.